The maximum Gasteiger partial charge on any atom is 0.243 e. The van der Waals surface area contributed by atoms with Gasteiger partial charge in [-0.25, -0.2) is 13.4 Å². The molecule has 134 valence electrons. The van der Waals surface area contributed by atoms with E-state index >= 15 is 0 Å². The van der Waals surface area contributed by atoms with E-state index in [0.717, 1.165) is 12.1 Å². The fraction of sp³-hybridized carbons (Fsp3) is 0.200. The SMILES string of the molecule is C/C(=N/N=C(/C)c1nnn(-c2nonc2N)c1C)c1ccc(F)cc1F. The fourth-order valence-corrected chi connectivity index (χ4v) is 2.24. The molecule has 0 radical (unpaired) electrons. The molecule has 0 aliphatic heterocycles. The third-order valence-electron chi connectivity index (χ3n) is 3.60. The van der Waals surface area contributed by atoms with E-state index in [1.807, 2.05) is 0 Å². The van der Waals surface area contributed by atoms with Gasteiger partial charge >= 0.3 is 0 Å². The summed E-state index contributed by atoms with van der Waals surface area (Å²) in [6, 6.07) is 3.24. The van der Waals surface area contributed by atoms with Crippen LogP contribution in [-0.4, -0.2) is 36.7 Å². The highest BCUT2D eigenvalue weighted by Crippen LogP contribution is 2.15. The number of nitrogens with zero attached hydrogens (tertiary/aromatic N) is 7. The molecule has 11 heteroatoms. The highest BCUT2D eigenvalue weighted by Gasteiger charge is 2.18. The number of nitrogen functional groups attached to an aromatic ring is 1. The summed E-state index contributed by atoms with van der Waals surface area (Å²) in [4.78, 5) is 0. The van der Waals surface area contributed by atoms with Gasteiger partial charge in [-0.3, -0.25) is 0 Å². The maximum atomic E-state index is 13.8. The second-order valence-electron chi connectivity index (χ2n) is 5.40. The van der Waals surface area contributed by atoms with Gasteiger partial charge in [0.15, 0.2) is 0 Å². The van der Waals surface area contributed by atoms with Crippen LogP contribution in [0.15, 0.2) is 33.0 Å². The summed E-state index contributed by atoms with van der Waals surface area (Å²) in [5.74, 6) is -1.09. The Balaban J connectivity index is 1.91. The van der Waals surface area contributed by atoms with Gasteiger partial charge in [-0.05, 0) is 43.2 Å². The molecule has 2 N–H and O–H groups in total. The first-order valence-corrected chi connectivity index (χ1v) is 7.44. The molecule has 1 aromatic carbocycles. The summed E-state index contributed by atoms with van der Waals surface area (Å²) < 4.78 is 32.7. The number of nitrogens with two attached hydrogens (primary N) is 1. The molecule has 0 saturated heterocycles. The number of halogens is 2. The molecule has 0 unspecified atom stereocenters. The molecular formula is C15H14F2N8O. The Bertz CT molecular complexity index is 1020. The summed E-state index contributed by atoms with van der Waals surface area (Å²) in [6.45, 7) is 4.97. The minimum atomic E-state index is -0.713. The molecule has 0 amide bonds. The highest BCUT2D eigenvalue weighted by molar-refractivity contribution is 6.01. The number of hydrogen-bond acceptors (Lipinski definition) is 8. The third kappa shape index (κ3) is 3.18. The summed E-state index contributed by atoms with van der Waals surface area (Å²) in [6.07, 6.45) is 0. The molecular weight excluding hydrogens is 346 g/mol. The molecule has 26 heavy (non-hydrogen) atoms. The Labute approximate surface area is 146 Å². The molecule has 0 aliphatic rings. The average Bonchev–Trinajstić information content (AvgIpc) is 3.17. The van der Waals surface area contributed by atoms with Gasteiger partial charge < -0.3 is 5.73 Å². The van der Waals surface area contributed by atoms with Gasteiger partial charge in [-0.15, -0.1) is 5.10 Å². The zero-order valence-electron chi connectivity index (χ0n) is 14.1. The molecule has 0 saturated carbocycles. The van der Waals surface area contributed by atoms with Crippen LogP contribution in [0.2, 0.25) is 0 Å². The number of hydrogen-bond donors (Lipinski definition) is 1. The predicted octanol–water partition coefficient (Wildman–Crippen LogP) is 2.05. The summed E-state index contributed by atoms with van der Waals surface area (Å²) in [7, 11) is 0. The van der Waals surface area contributed by atoms with Crippen molar-refractivity contribution in [1.29, 1.82) is 0 Å². The van der Waals surface area contributed by atoms with Crippen LogP contribution in [0.5, 0.6) is 0 Å². The van der Waals surface area contributed by atoms with Crippen molar-refractivity contribution in [2.24, 2.45) is 10.2 Å². The van der Waals surface area contributed by atoms with Gasteiger partial charge in [-0.2, -0.15) is 14.9 Å². The van der Waals surface area contributed by atoms with Crippen LogP contribution >= 0.6 is 0 Å². The van der Waals surface area contributed by atoms with Gasteiger partial charge in [0.25, 0.3) is 0 Å². The zero-order valence-corrected chi connectivity index (χ0v) is 14.1. The van der Waals surface area contributed by atoms with E-state index in [2.05, 4.69) is 35.5 Å². The summed E-state index contributed by atoms with van der Waals surface area (Å²) in [5.41, 5.74) is 7.57. The molecule has 2 aromatic heterocycles. The molecule has 3 rings (SSSR count). The number of aromatic nitrogens is 5. The van der Waals surface area contributed by atoms with Gasteiger partial charge in [0.1, 0.15) is 17.3 Å². The maximum absolute atomic E-state index is 13.8. The van der Waals surface area contributed by atoms with Gasteiger partial charge in [0.05, 0.1) is 17.1 Å². The Morgan fingerprint density at radius 1 is 1.15 bits per heavy atom. The third-order valence-corrected chi connectivity index (χ3v) is 3.60. The zero-order chi connectivity index (χ0) is 18.8. The monoisotopic (exact) mass is 360 g/mol. The van der Waals surface area contributed by atoms with Crippen molar-refractivity contribution in [3.63, 3.8) is 0 Å². The predicted molar refractivity (Wildman–Crippen MR) is 89.1 cm³/mol. The van der Waals surface area contributed by atoms with E-state index in [-0.39, 0.29) is 22.9 Å². The smallest absolute Gasteiger partial charge is 0.243 e. The van der Waals surface area contributed by atoms with Crippen molar-refractivity contribution in [1.82, 2.24) is 25.3 Å². The van der Waals surface area contributed by atoms with Crippen molar-refractivity contribution in [3.8, 4) is 5.82 Å². The van der Waals surface area contributed by atoms with E-state index in [0.29, 0.717) is 17.1 Å². The quantitative estimate of drug-likeness (QED) is 0.561. The summed E-state index contributed by atoms with van der Waals surface area (Å²) >= 11 is 0. The van der Waals surface area contributed by atoms with Crippen LogP contribution in [0, 0.1) is 18.6 Å². The number of rotatable bonds is 4. The van der Waals surface area contributed by atoms with E-state index in [1.54, 1.807) is 20.8 Å². The lowest BCUT2D eigenvalue weighted by atomic mass is 10.1. The second kappa shape index (κ2) is 6.78. The van der Waals surface area contributed by atoms with Crippen LogP contribution in [0.25, 0.3) is 5.82 Å². The van der Waals surface area contributed by atoms with E-state index in [9.17, 15) is 8.78 Å². The molecule has 2 heterocycles. The molecule has 0 aliphatic carbocycles. The standard InChI is InChI=1S/C15H14F2N8O/c1-7(11-5-4-10(16)6-12(11)17)19-20-8(2)13-9(3)25(24-21-13)15-14(18)22-26-23-15/h4-6H,1-3H3,(H2,18,22)/b19-7-,20-8-. The first-order valence-electron chi connectivity index (χ1n) is 7.44. The highest BCUT2D eigenvalue weighted by atomic mass is 19.1. The van der Waals surface area contributed by atoms with Crippen LogP contribution < -0.4 is 5.73 Å². The molecule has 0 spiro atoms. The lowest BCUT2D eigenvalue weighted by molar-refractivity contribution is 0.306. The topological polar surface area (TPSA) is 120 Å². The fourth-order valence-electron chi connectivity index (χ4n) is 2.24. The van der Waals surface area contributed by atoms with Crippen LogP contribution in [0.1, 0.15) is 30.8 Å². The Hall–Kier alpha value is -3.50. The van der Waals surface area contributed by atoms with Crippen LogP contribution in [0.4, 0.5) is 14.6 Å². The number of anilines is 1. The van der Waals surface area contributed by atoms with Crippen molar-refractivity contribution >= 4 is 17.2 Å². The largest absolute Gasteiger partial charge is 0.378 e. The molecule has 0 bridgehead atoms. The van der Waals surface area contributed by atoms with Gasteiger partial charge in [-0.1, -0.05) is 5.21 Å². The number of benzene rings is 1. The van der Waals surface area contributed by atoms with Gasteiger partial charge in [0, 0.05) is 11.6 Å². The molecule has 0 fully saturated rings. The molecule has 0 atom stereocenters. The van der Waals surface area contributed by atoms with E-state index in [4.69, 9.17) is 5.73 Å². The Kier molecular flexibility index (Phi) is 4.52. The molecule has 9 nitrogen and oxygen atoms in total. The lowest BCUT2D eigenvalue weighted by Gasteiger charge is -2.02. The first kappa shape index (κ1) is 17.3. The molecule has 3 aromatic rings. The van der Waals surface area contributed by atoms with Crippen molar-refractivity contribution in [3.05, 3.63) is 46.8 Å². The van der Waals surface area contributed by atoms with Gasteiger partial charge in [0.2, 0.25) is 11.6 Å². The van der Waals surface area contributed by atoms with Crippen molar-refractivity contribution < 1.29 is 13.4 Å². The minimum Gasteiger partial charge on any atom is -0.378 e. The second-order valence-corrected chi connectivity index (χ2v) is 5.40. The van der Waals surface area contributed by atoms with Crippen molar-refractivity contribution in [2.75, 3.05) is 5.73 Å². The van der Waals surface area contributed by atoms with E-state index < -0.39 is 11.6 Å². The van der Waals surface area contributed by atoms with E-state index in [1.165, 1.54) is 10.7 Å². The summed E-state index contributed by atoms with van der Waals surface area (Å²) in [5, 5.41) is 23.1. The van der Waals surface area contributed by atoms with Crippen LogP contribution in [-0.2, 0) is 0 Å². The normalized spacial score (nSPS) is 12.7. The first-order chi connectivity index (χ1) is 12.4. The Morgan fingerprint density at radius 3 is 2.54 bits per heavy atom. The van der Waals surface area contributed by atoms with Crippen LogP contribution in [0.3, 0.4) is 0 Å². The van der Waals surface area contributed by atoms with Crippen molar-refractivity contribution in [2.45, 2.75) is 20.8 Å². The Morgan fingerprint density at radius 2 is 1.88 bits per heavy atom. The minimum absolute atomic E-state index is 0.0693. The lowest BCUT2D eigenvalue weighted by Crippen LogP contribution is -2.05. The average molecular weight is 360 g/mol.